The van der Waals surface area contributed by atoms with Crippen LogP contribution < -0.4 is 15.4 Å². The van der Waals surface area contributed by atoms with Gasteiger partial charge in [0.15, 0.2) is 0 Å². The molecule has 1 fully saturated rings. The lowest BCUT2D eigenvalue weighted by molar-refractivity contribution is 0.0928. The average molecular weight is 388 g/mol. The topological polar surface area (TPSA) is 87.3 Å². The van der Waals surface area contributed by atoms with E-state index in [0.717, 1.165) is 37.1 Å². The van der Waals surface area contributed by atoms with E-state index < -0.39 is 10.0 Å². The van der Waals surface area contributed by atoms with Crippen molar-refractivity contribution in [3.63, 3.8) is 0 Å². The molecule has 0 aliphatic carbocycles. The smallest absolute Gasteiger partial charge is 0.261 e. The second kappa shape index (κ2) is 8.10. The van der Waals surface area contributed by atoms with E-state index in [0.29, 0.717) is 11.3 Å². The minimum Gasteiger partial charge on any atom is -0.349 e. The molecule has 0 atom stereocenters. The summed E-state index contributed by atoms with van der Waals surface area (Å²) in [5.41, 5.74) is 2.49. The van der Waals surface area contributed by atoms with Gasteiger partial charge in [-0.25, -0.2) is 8.42 Å². The van der Waals surface area contributed by atoms with Crippen LogP contribution >= 0.6 is 0 Å². The minimum atomic E-state index is -3.78. The van der Waals surface area contributed by atoms with Crippen LogP contribution in [0.4, 0.5) is 5.69 Å². The van der Waals surface area contributed by atoms with Crippen LogP contribution in [0.3, 0.4) is 0 Å². The predicted molar refractivity (Wildman–Crippen MR) is 107 cm³/mol. The summed E-state index contributed by atoms with van der Waals surface area (Å²) in [6.45, 7) is 5.39. The zero-order valence-electron chi connectivity index (χ0n) is 15.6. The number of nitrogens with one attached hydrogen (secondary N) is 3. The molecule has 1 heterocycles. The van der Waals surface area contributed by atoms with Crippen LogP contribution in [0.5, 0.6) is 0 Å². The fourth-order valence-electron chi connectivity index (χ4n) is 3.13. The summed E-state index contributed by atoms with van der Waals surface area (Å²) in [4.78, 5) is 12.8. The summed E-state index contributed by atoms with van der Waals surface area (Å²) in [6.07, 6.45) is 1.75. The van der Waals surface area contributed by atoms with Crippen molar-refractivity contribution in [3.8, 4) is 0 Å². The highest BCUT2D eigenvalue weighted by Crippen LogP contribution is 2.21. The van der Waals surface area contributed by atoms with E-state index in [2.05, 4.69) is 15.4 Å². The first-order chi connectivity index (χ1) is 12.9. The van der Waals surface area contributed by atoms with Crippen molar-refractivity contribution in [1.82, 2.24) is 10.6 Å². The van der Waals surface area contributed by atoms with Gasteiger partial charge in [0, 0.05) is 11.6 Å². The first kappa shape index (κ1) is 19.4. The van der Waals surface area contributed by atoms with Crippen molar-refractivity contribution < 1.29 is 13.2 Å². The van der Waals surface area contributed by atoms with Crippen LogP contribution in [0.25, 0.3) is 0 Å². The Morgan fingerprint density at radius 1 is 1.04 bits per heavy atom. The third-order valence-electron chi connectivity index (χ3n) is 4.83. The van der Waals surface area contributed by atoms with E-state index >= 15 is 0 Å². The van der Waals surface area contributed by atoms with Crippen molar-refractivity contribution in [2.24, 2.45) is 0 Å². The standard InChI is InChI=1S/C20H25N3O3S/c1-14-7-8-17(27(25,26)23-19-6-4-3-5-15(19)2)13-18(14)20(24)22-16-9-11-21-12-10-16/h3-8,13,16,21,23H,9-12H2,1-2H3,(H,22,24). The number of anilines is 1. The SMILES string of the molecule is Cc1ccccc1NS(=O)(=O)c1ccc(C)c(C(=O)NC2CCNCC2)c1. The lowest BCUT2D eigenvalue weighted by Crippen LogP contribution is -2.42. The summed E-state index contributed by atoms with van der Waals surface area (Å²) in [5.74, 6) is -0.229. The van der Waals surface area contributed by atoms with Crippen molar-refractivity contribution >= 4 is 21.6 Å². The average Bonchev–Trinajstić information content (AvgIpc) is 2.64. The Bertz CT molecular complexity index is 935. The molecule has 27 heavy (non-hydrogen) atoms. The van der Waals surface area contributed by atoms with Crippen LogP contribution in [0.15, 0.2) is 47.4 Å². The molecular weight excluding hydrogens is 362 g/mol. The third-order valence-corrected chi connectivity index (χ3v) is 6.19. The lowest BCUT2D eigenvalue weighted by Gasteiger charge is -2.24. The molecular formula is C20H25N3O3S. The number of para-hydroxylation sites is 1. The number of carbonyl (C=O) groups is 1. The van der Waals surface area contributed by atoms with Gasteiger partial charge in [-0.05, 0) is 69.1 Å². The van der Waals surface area contributed by atoms with Crippen molar-refractivity contribution in [1.29, 1.82) is 0 Å². The Kier molecular flexibility index (Phi) is 5.82. The van der Waals surface area contributed by atoms with Crippen molar-refractivity contribution in [2.45, 2.75) is 37.6 Å². The molecule has 0 aromatic heterocycles. The number of sulfonamides is 1. The fraction of sp³-hybridized carbons (Fsp3) is 0.350. The Morgan fingerprint density at radius 3 is 2.44 bits per heavy atom. The maximum Gasteiger partial charge on any atom is 0.261 e. The largest absolute Gasteiger partial charge is 0.349 e. The van der Waals surface area contributed by atoms with E-state index in [1.165, 1.54) is 12.1 Å². The number of piperidine rings is 1. The monoisotopic (exact) mass is 387 g/mol. The Hall–Kier alpha value is -2.38. The molecule has 0 unspecified atom stereocenters. The molecule has 1 saturated heterocycles. The highest BCUT2D eigenvalue weighted by molar-refractivity contribution is 7.92. The van der Waals surface area contributed by atoms with Gasteiger partial charge >= 0.3 is 0 Å². The molecule has 1 aliphatic heterocycles. The molecule has 3 N–H and O–H groups in total. The summed E-state index contributed by atoms with van der Waals surface area (Å²) >= 11 is 0. The summed E-state index contributed by atoms with van der Waals surface area (Å²) in [7, 11) is -3.78. The summed E-state index contributed by atoms with van der Waals surface area (Å²) < 4.78 is 28.2. The molecule has 2 aromatic carbocycles. The van der Waals surface area contributed by atoms with Crippen LogP contribution in [0.2, 0.25) is 0 Å². The van der Waals surface area contributed by atoms with Gasteiger partial charge in [0.2, 0.25) is 0 Å². The van der Waals surface area contributed by atoms with Crippen molar-refractivity contribution in [3.05, 3.63) is 59.2 Å². The van der Waals surface area contributed by atoms with Crippen LogP contribution in [0.1, 0.15) is 34.3 Å². The molecule has 6 nitrogen and oxygen atoms in total. The van der Waals surface area contributed by atoms with Gasteiger partial charge in [-0.2, -0.15) is 0 Å². The second-order valence-corrected chi connectivity index (χ2v) is 8.58. The lowest BCUT2D eigenvalue weighted by atomic mass is 10.0. The predicted octanol–water partition coefficient (Wildman–Crippen LogP) is 2.59. The van der Waals surface area contributed by atoms with Gasteiger partial charge in [0.1, 0.15) is 0 Å². The van der Waals surface area contributed by atoms with Gasteiger partial charge < -0.3 is 10.6 Å². The highest BCUT2D eigenvalue weighted by atomic mass is 32.2. The van der Waals surface area contributed by atoms with E-state index in [1.807, 2.05) is 26.0 Å². The van der Waals surface area contributed by atoms with Crippen LogP contribution in [0, 0.1) is 13.8 Å². The molecule has 0 radical (unpaired) electrons. The molecule has 2 aromatic rings. The number of hydrogen-bond donors (Lipinski definition) is 3. The first-order valence-electron chi connectivity index (χ1n) is 9.07. The van der Waals surface area contributed by atoms with E-state index in [1.54, 1.807) is 18.2 Å². The van der Waals surface area contributed by atoms with Gasteiger partial charge in [0.25, 0.3) is 15.9 Å². The van der Waals surface area contributed by atoms with Crippen molar-refractivity contribution in [2.75, 3.05) is 17.8 Å². The molecule has 7 heteroatoms. The zero-order valence-corrected chi connectivity index (χ0v) is 16.4. The van der Waals surface area contributed by atoms with Gasteiger partial charge in [-0.3, -0.25) is 9.52 Å². The maximum absolute atomic E-state index is 12.8. The second-order valence-electron chi connectivity index (χ2n) is 6.89. The maximum atomic E-state index is 12.8. The van der Waals surface area contributed by atoms with Gasteiger partial charge in [-0.15, -0.1) is 0 Å². The van der Waals surface area contributed by atoms with Crippen LogP contribution in [-0.2, 0) is 10.0 Å². The molecule has 0 saturated carbocycles. The Morgan fingerprint density at radius 2 is 1.74 bits per heavy atom. The number of benzene rings is 2. The number of hydrogen-bond acceptors (Lipinski definition) is 4. The Labute approximate surface area is 160 Å². The molecule has 144 valence electrons. The van der Waals surface area contributed by atoms with Crippen LogP contribution in [-0.4, -0.2) is 33.5 Å². The Balaban J connectivity index is 1.83. The number of rotatable bonds is 5. The van der Waals surface area contributed by atoms with E-state index in [-0.39, 0.29) is 16.8 Å². The number of carbonyl (C=O) groups excluding carboxylic acids is 1. The molecule has 1 amide bonds. The van der Waals surface area contributed by atoms with Gasteiger partial charge in [0.05, 0.1) is 10.6 Å². The third kappa shape index (κ3) is 4.67. The highest BCUT2D eigenvalue weighted by Gasteiger charge is 2.21. The fourth-order valence-corrected chi connectivity index (χ4v) is 4.29. The molecule has 0 spiro atoms. The summed E-state index contributed by atoms with van der Waals surface area (Å²) in [5, 5.41) is 6.28. The quantitative estimate of drug-likeness (QED) is 0.736. The first-order valence-corrected chi connectivity index (χ1v) is 10.6. The summed E-state index contributed by atoms with van der Waals surface area (Å²) in [6, 6.07) is 11.9. The number of amides is 1. The zero-order chi connectivity index (χ0) is 19.4. The van der Waals surface area contributed by atoms with E-state index in [4.69, 9.17) is 0 Å². The van der Waals surface area contributed by atoms with E-state index in [9.17, 15) is 13.2 Å². The molecule has 0 bridgehead atoms. The minimum absolute atomic E-state index is 0.0758. The van der Waals surface area contributed by atoms with Gasteiger partial charge in [-0.1, -0.05) is 24.3 Å². The number of aryl methyl sites for hydroxylation is 2. The molecule has 1 aliphatic rings. The molecule has 3 rings (SSSR count). The normalized spacial score (nSPS) is 15.3.